The lowest BCUT2D eigenvalue weighted by Gasteiger charge is -2.28. The van der Waals surface area contributed by atoms with Crippen molar-refractivity contribution in [2.24, 2.45) is 0 Å². The van der Waals surface area contributed by atoms with Crippen molar-refractivity contribution in [1.29, 1.82) is 0 Å². The summed E-state index contributed by atoms with van der Waals surface area (Å²) < 4.78 is 13.9. The van der Waals surface area contributed by atoms with Crippen LogP contribution in [0.15, 0.2) is 31.1 Å². The third-order valence-corrected chi connectivity index (χ3v) is 5.91. The third kappa shape index (κ3) is 3.31. The zero-order chi connectivity index (χ0) is 16.5. The second-order valence-corrected chi connectivity index (χ2v) is 8.31. The molecule has 5 heteroatoms. The summed E-state index contributed by atoms with van der Waals surface area (Å²) in [5, 5.41) is 1.17. The molecule has 4 rings (SSSR count). The van der Waals surface area contributed by atoms with Gasteiger partial charge in [-0.05, 0) is 59.8 Å². The van der Waals surface area contributed by atoms with Crippen molar-refractivity contribution in [3.8, 4) is 0 Å². The van der Waals surface area contributed by atoms with E-state index in [0.717, 1.165) is 46.6 Å². The molecule has 2 fully saturated rings. The van der Waals surface area contributed by atoms with Crippen LogP contribution in [0, 0.1) is 0 Å². The van der Waals surface area contributed by atoms with Gasteiger partial charge in [-0.2, -0.15) is 0 Å². The molecule has 0 bridgehead atoms. The van der Waals surface area contributed by atoms with Crippen LogP contribution in [0.2, 0.25) is 0 Å². The van der Waals surface area contributed by atoms with Gasteiger partial charge in [0.2, 0.25) is 0 Å². The normalized spacial score (nSPS) is 19.1. The molecule has 0 amide bonds. The molecule has 2 aliphatic rings. The Morgan fingerprint density at radius 2 is 1.75 bits per heavy atom. The molecule has 1 saturated heterocycles. The zero-order valence-electron chi connectivity index (χ0n) is 13.6. The van der Waals surface area contributed by atoms with Gasteiger partial charge in [0.1, 0.15) is 0 Å². The van der Waals surface area contributed by atoms with Crippen molar-refractivity contribution in [3.63, 3.8) is 0 Å². The number of hydrogen-bond donors (Lipinski definition) is 0. The van der Waals surface area contributed by atoms with E-state index < -0.39 is 0 Å². The van der Waals surface area contributed by atoms with E-state index in [-0.39, 0.29) is 0 Å². The predicted molar refractivity (Wildman–Crippen MR) is 106 cm³/mol. The van der Waals surface area contributed by atoms with Gasteiger partial charge < -0.3 is 14.1 Å². The molecular weight excluding hydrogens is 434 g/mol. The molecule has 0 N–H and O–H groups in total. The number of anilines is 1. The van der Waals surface area contributed by atoms with Crippen LogP contribution in [0.4, 0.5) is 5.69 Å². The maximum atomic E-state index is 6.31. The number of halogens is 2. The largest absolute Gasteiger partial charge is 0.453 e. The van der Waals surface area contributed by atoms with E-state index in [0.29, 0.717) is 0 Å². The monoisotopic (exact) mass is 453 g/mol. The second kappa shape index (κ2) is 7.22. The van der Waals surface area contributed by atoms with Crippen molar-refractivity contribution < 1.29 is 9.15 Å². The van der Waals surface area contributed by atoms with E-state index >= 15 is 0 Å². The molecule has 3 nitrogen and oxygen atoms in total. The molecule has 128 valence electrons. The van der Waals surface area contributed by atoms with Crippen LogP contribution in [-0.4, -0.2) is 26.3 Å². The number of hydrogen-bond acceptors (Lipinski definition) is 3. The number of allylic oxidation sites excluding steroid dienone is 1. The fraction of sp³-hybridized carbons (Fsp3) is 0.474. The van der Waals surface area contributed by atoms with Gasteiger partial charge >= 0.3 is 0 Å². The molecule has 0 atom stereocenters. The summed E-state index contributed by atoms with van der Waals surface area (Å²) in [6.07, 6.45) is 8.65. The first kappa shape index (κ1) is 16.7. The summed E-state index contributed by atoms with van der Waals surface area (Å²) in [4.78, 5) is 2.41. The zero-order valence-corrected chi connectivity index (χ0v) is 16.8. The lowest BCUT2D eigenvalue weighted by molar-refractivity contribution is 0.122. The maximum absolute atomic E-state index is 6.31. The van der Waals surface area contributed by atoms with E-state index in [2.05, 4.69) is 48.9 Å². The summed E-state index contributed by atoms with van der Waals surface area (Å²) in [6.45, 7) is 3.37. The minimum absolute atomic E-state index is 0.776. The Balaban J connectivity index is 1.85. The van der Waals surface area contributed by atoms with Gasteiger partial charge in [0, 0.05) is 22.9 Å². The van der Waals surface area contributed by atoms with Crippen molar-refractivity contribution in [2.45, 2.75) is 32.1 Å². The molecule has 0 radical (unpaired) electrons. The number of fused-ring (bicyclic) bond motifs is 1. The number of furan rings is 1. The first-order chi connectivity index (χ1) is 11.7. The van der Waals surface area contributed by atoms with E-state index in [1.807, 2.05) is 6.07 Å². The molecule has 1 aliphatic heterocycles. The molecule has 0 unspecified atom stereocenters. The minimum atomic E-state index is 0.776. The number of nitrogens with zero attached hydrogens (tertiary/aromatic N) is 1. The fourth-order valence-corrected chi connectivity index (χ4v) is 4.98. The fourth-order valence-electron chi connectivity index (χ4n) is 3.68. The molecule has 1 saturated carbocycles. The molecule has 0 spiro atoms. The van der Waals surface area contributed by atoms with Gasteiger partial charge in [-0.3, -0.25) is 0 Å². The van der Waals surface area contributed by atoms with Gasteiger partial charge in [0.05, 0.1) is 23.4 Å². The third-order valence-electron chi connectivity index (χ3n) is 4.87. The van der Waals surface area contributed by atoms with Gasteiger partial charge in [-0.15, -0.1) is 0 Å². The average Bonchev–Trinajstić information content (AvgIpc) is 2.95. The lowest BCUT2D eigenvalue weighted by Crippen LogP contribution is -2.36. The molecule has 1 aromatic heterocycles. The van der Waals surface area contributed by atoms with E-state index in [4.69, 9.17) is 9.15 Å². The number of benzene rings is 1. The summed E-state index contributed by atoms with van der Waals surface area (Å²) >= 11 is 7.28. The second-order valence-electron chi connectivity index (χ2n) is 6.54. The summed E-state index contributed by atoms with van der Waals surface area (Å²) in [5.74, 6) is 1.00. The first-order valence-corrected chi connectivity index (χ1v) is 10.2. The van der Waals surface area contributed by atoms with E-state index in [1.54, 1.807) is 0 Å². The van der Waals surface area contributed by atoms with Crippen LogP contribution in [0.3, 0.4) is 0 Å². The van der Waals surface area contributed by atoms with Crippen molar-refractivity contribution in [3.05, 3.63) is 32.4 Å². The van der Waals surface area contributed by atoms with Crippen LogP contribution in [0.5, 0.6) is 0 Å². The number of ether oxygens (including phenoxy) is 1. The molecular formula is C19H21Br2NO2. The van der Waals surface area contributed by atoms with Gasteiger partial charge in [0.15, 0.2) is 11.3 Å². The van der Waals surface area contributed by atoms with Crippen LogP contribution in [0.1, 0.15) is 37.9 Å². The topological polar surface area (TPSA) is 25.6 Å². The summed E-state index contributed by atoms with van der Waals surface area (Å²) in [5.41, 5.74) is 3.67. The number of rotatable bonds is 2. The number of morpholine rings is 1. The highest BCUT2D eigenvalue weighted by Crippen LogP contribution is 2.41. The SMILES string of the molecule is Brc1cc(Br)c2oc(C=C3CCCCC3)c(N3CCOCC3)c2c1. The maximum Gasteiger partial charge on any atom is 0.151 e. The highest BCUT2D eigenvalue weighted by Gasteiger charge is 2.23. The Morgan fingerprint density at radius 1 is 1.00 bits per heavy atom. The lowest BCUT2D eigenvalue weighted by atomic mass is 9.94. The highest BCUT2D eigenvalue weighted by atomic mass is 79.9. The summed E-state index contributed by atoms with van der Waals surface area (Å²) in [7, 11) is 0. The van der Waals surface area contributed by atoms with E-state index in [1.165, 1.54) is 48.8 Å². The molecule has 2 aromatic rings. The van der Waals surface area contributed by atoms with Crippen LogP contribution < -0.4 is 4.90 Å². The molecule has 2 heterocycles. The first-order valence-electron chi connectivity index (χ1n) is 8.66. The van der Waals surface area contributed by atoms with Crippen molar-refractivity contribution in [1.82, 2.24) is 0 Å². The Morgan fingerprint density at radius 3 is 2.50 bits per heavy atom. The van der Waals surface area contributed by atoms with Gasteiger partial charge in [0.25, 0.3) is 0 Å². The molecule has 1 aromatic carbocycles. The van der Waals surface area contributed by atoms with Crippen LogP contribution >= 0.6 is 31.9 Å². The van der Waals surface area contributed by atoms with E-state index in [9.17, 15) is 0 Å². The minimum Gasteiger partial charge on any atom is -0.453 e. The average molecular weight is 455 g/mol. The molecule has 24 heavy (non-hydrogen) atoms. The Hall–Kier alpha value is -0.780. The molecule has 1 aliphatic carbocycles. The van der Waals surface area contributed by atoms with Crippen LogP contribution in [-0.2, 0) is 4.74 Å². The van der Waals surface area contributed by atoms with Crippen LogP contribution in [0.25, 0.3) is 17.0 Å². The van der Waals surface area contributed by atoms with Crippen molar-refractivity contribution >= 4 is 54.6 Å². The quantitative estimate of drug-likeness (QED) is 0.544. The summed E-state index contributed by atoms with van der Waals surface area (Å²) in [6, 6.07) is 4.21. The van der Waals surface area contributed by atoms with Gasteiger partial charge in [-0.25, -0.2) is 0 Å². The van der Waals surface area contributed by atoms with Crippen molar-refractivity contribution in [2.75, 3.05) is 31.2 Å². The smallest absolute Gasteiger partial charge is 0.151 e. The Kier molecular flexibility index (Phi) is 5.02. The Bertz CT molecular complexity index is 767. The Labute approximate surface area is 159 Å². The standard InChI is InChI=1S/C19H21Br2NO2/c20-14-11-15-18(22-6-8-23-9-7-22)17(24-19(15)16(21)12-14)10-13-4-2-1-3-5-13/h10-12H,1-9H2. The predicted octanol–water partition coefficient (Wildman–Crippen LogP) is 6.14. The highest BCUT2D eigenvalue weighted by molar-refractivity contribution is 9.11. The van der Waals surface area contributed by atoms with Gasteiger partial charge in [-0.1, -0.05) is 27.9 Å².